The number of aromatic nitrogens is 2. The Morgan fingerprint density at radius 3 is 2.83 bits per heavy atom. The molecule has 4 rings (SSSR count). The molecule has 3 N–H and O–H groups in total. The first-order valence-electron chi connectivity index (χ1n) is 11.8. The standard InChI is InChI=1S/C25H30N6O3S/c1-16(26-2)22(33)28-15-20(32)31-14-8-12-19(31)23(34)30-25-21(17-9-4-3-5-10-17)29-24(35-25)18-11-6-7-13-27-18/h4,6-7,9-11,13,16,19,26H,3,5,8,12,14-15H2,1-2H3,(H,28,33)(H,30,34)/t16-,19-/m0/s1. The van der Waals surface area contributed by atoms with E-state index < -0.39 is 12.1 Å². The fraction of sp³-hybridized carbons (Fsp3) is 0.400. The van der Waals surface area contributed by atoms with Crippen LogP contribution in [-0.4, -0.2) is 64.8 Å². The van der Waals surface area contributed by atoms with E-state index in [-0.39, 0.29) is 24.3 Å². The average molecular weight is 495 g/mol. The number of anilines is 1. The fourth-order valence-electron chi connectivity index (χ4n) is 4.07. The predicted molar refractivity (Wildman–Crippen MR) is 137 cm³/mol. The molecule has 0 bridgehead atoms. The molecule has 3 amide bonds. The molecule has 0 radical (unpaired) electrons. The van der Waals surface area contributed by atoms with Crippen molar-refractivity contribution in [1.82, 2.24) is 25.5 Å². The lowest BCUT2D eigenvalue weighted by atomic mass is 10.0. The van der Waals surface area contributed by atoms with Gasteiger partial charge in [-0.05, 0) is 57.4 Å². The van der Waals surface area contributed by atoms with E-state index in [1.807, 2.05) is 24.3 Å². The molecule has 2 aromatic rings. The number of allylic oxidation sites excluding steroid dienone is 4. The summed E-state index contributed by atoms with van der Waals surface area (Å²) in [6.45, 7) is 2.06. The van der Waals surface area contributed by atoms with Gasteiger partial charge in [-0.3, -0.25) is 19.4 Å². The number of nitrogens with zero attached hydrogens (tertiary/aromatic N) is 3. The van der Waals surface area contributed by atoms with Gasteiger partial charge in [0.05, 0.1) is 18.3 Å². The highest BCUT2D eigenvalue weighted by atomic mass is 32.1. The Morgan fingerprint density at radius 2 is 2.11 bits per heavy atom. The van der Waals surface area contributed by atoms with Gasteiger partial charge in [-0.2, -0.15) is 0 Å². The third-order valence-electron chi connectivity index (χ3n) is 6.13. The lowest BCUT2D eigenvalue weighted by molar-refractivity contribution is -0.137. The zero-order chi connectivity index (χ0) is 24.8. The molecule has 9 nitrogen and oxygen atoms in total. The third kappa shape index (κ3) is 5.83. The van der Waals surface area contributed by atoms with Crippen LogP contribution in [0.15, 0.2) is 42.6 Å². The molecule has 0 spiro atoms. The maximum atomic E-state index is 13.3. The minimum absolute atomic E-state index is 0.137. The summed E-state index contributed by atoms with van der Waals surface area (Å²) in [6.07, 6.45) is 11.1. The van der Waals surface area contributed by atoms with E-state index in [2.05, 4.69) is 33.1 Å². The van der Waals surface area contributed by atoms with Crippen LogP contribution in [-0.2, 0) is 14.4 Å². The van der Waals surface area contributed by atoms with Crippen LogP contribution < -0.4 is 16.0 Å². The van der Waals surface area contributed by atoms with Crippen molar-refractivity contribution in [2.75, 3.05) is 25.5 Å². The quantitative estimate of drug-likeness (QED) is 0.520. The van der Waals surface area contributed by atoms with Gasteiger partial charge in [0.2, 0.25) is 17.7 Å². The largest absolute Gasteiger partial charge is 0.346 e. The van der Waals surface area contributed by atoms with Gasteiger partial charge in [-0.15, -0.1) is 0 Å². The maximum Gasteiger partial charge on any atom is 0.247 e. The van der Waals surface area contributed by atoms with Gasteiger partial charge in [0.1, 0.15) is 21.7 Å². The first kappa shape index (κ1) is 24.7. The summed E-state index contributed by atoms with van der Waals surface area (Å²) in [5, 5.41) is 9.88. The topological polar surface area (TPSA) is 116 Å². The number of likely N-dealkylation sites (tertiary alicyclic amines) is 1. The second-order valence-corrected chi connectivity index (χ2v) is 9.51. The van der Waals surface area contributed by atoms with Gasteiger partial charge in [0.15, 0.2) is 0 Å². The van der Waals surface area contributed by atoms with Crippen molar-refractivity contribution in [3.8, 4) is 10.7 Å². The highest BCUT2D eigenvalue weighted by molar-refractivity contribution is 7.19. The van der Waals surface area contributed by atoms with E-state index in [0.717, 1.165) is 35.5 Å². The Morgan fingerprint density at radius 1 is 1.26 bits per heavy atom. The molecule has 10 heteroatoms. The molecular formula is C25H30N6O3S. The lowest BCUT2D eigenvalue weighted by Gasteiger charge is -2.24. The molecule has 1 fully saturated rings. The Kier molecular flexibility index (Phi) is 8.04. The van der Waals surface area contributed by atoms with Crippen LogP contribution in [0.25, 0.3) is 16.3 Å². The SMILES string of the molecule is CN[C@@H](C)C(=O)NCC(=O)N1CCC[C@H]1C(=O)Nc1sc(-c2ccccn2)nc1C1=CCCC=C1. The fourth-order valence-corrected chi connectivity index (χ4v) is 5.04. The molecule has 2 aliphatic rings. The van der Waals surface area contributed by atoms with Gasteiger partial charge in [-0.1, -0.05) is 35.6 Å². The summed E-state index contributed by atoms with van der Waals surface area (Å²) in [6, 6.07) is 4.65. The van der Waals surface area contributed by atoms with Crippen LogP contribution in [0, 0.1) is 0 Å². The van der Waals surface area contributed by atoms with Crippen molar-refractivity contribution in [1.29, 1.82) is 0 Å². The normalized spacial score (nSPS) is 18.2. The smallest absolute Gasteiger partial charge is 0.247 e. The van der Waals surface area contributed by atoms with E-state index >= 15 is 0 Å². The van der Waals surface area contributed by atoms with Crippen molar-refractivity contribution >= 4 is 39.6 Å². The molecule has 2 atom stereocenters. The van der Waals surface area contributed by atoms with E-state index in [0.29, 0.717) is 23.7 Å². The number of amides is 3. The molecule has 0 aromatic carbocycles. The molecule has 1 saturated heterocycles. The monoisotopic (exact) mass is 494 g/mol. The summed E-state index contributed by atoms with van der Waals surface area (Å²) in [7, 11) is 1.68. The number of rotatable bonds is 8. The van der Waals surface area contributed by atoms with Crippen LogP contribution in [0.4, 0.5) is 5.00 Å². The number of carbonyl (C=O) groups is 3. The Balaban J connectivity index is 1.51. The van der Waals surface area contributed by atoms with Gasteiger partial charge in [0, 0.05) is 12.7 Å². The molecule has 35 heavy (non-hydrogen) atoms. The molecule has 0 saturated carbocycles. The van der Waals surface area contributed by atoms with Crippen LogP contribution >= 0.6 is 11.3 Å². The Labute approximate surface area is 208 Å². The Bertz CT molecular complexity index is 1140. The van der Waals surface area contributed by atoms with Crippen molar-refractivity contribution in [2.24, 2.45) is 0 Å². The Hall–Kier alpha value is -3.37. The number of hydrogen-bond acceptors (Lipinski definition) is 7. The molecule has 184 valence electrons. The van der Waals surface area contributed by atoms with Crippen LogP contribution in [0.2, 0.25) is 0 Å². The molecular weight excluding hydrogens is 464 g/mol. The highest BCUT2D eigenvalue weighted by Gasteiger charge is 2.35. The highest BCUT2D eigenvalue weighted by Crippen LogP contribution is 2.37. The summed E-state index contributed by atoms with van der Waals surface area (Å²) in [5.74, 6) is -0.772. The zero-order valence-corrected chi connectivity index (χ0v) is 20.7. The van der Waals surface area contributed by atoms with Gasteiger partial charge >= 0.3 is 0 Å². The van der Waals surface area contributed by atoms with E-state index in [1.165, 1.54) is 11.3 Å². The van der Waals surface area contributed by atoms with Crippen molar-refractivity contribution < 1.29 is 14.4 Å². The maximum absolute atomic E-state index is 13.3. The second kappa shape index (κ2) is 11.4. The van der Waals surface area contributed by atoms with Crippen molar-refractivity contribution in [3.05, 3.63) is 48.3 Å². The third-order valence-corrected chi connectivity index (χ3v) is 7.13. The first-order chi connectivity index (χ1) is 17.0. The number of pyridine rings is 1. The van der Waals surface area contributed by atoms with Gasteiger partial charge in [-0.25, -0.2) is 4.98 Å². The first-order valence-corrected chi connectivity index (χ1v) is 12.6. The lowest BCUT2D eigenvalue weighted by Crippen LogP contribution is -2.49. The van der Waals surface area contributed by atoms with Crippen LogP contribution in [0.1, 0.15) is 38.3 Å². The van der Waals surface area contributed by atoms with Crippen LogP contribution in [0.3, 0.4) is 0 Å². The minimum Gasteiger partial charge on any atom is -0.346 e. The van der Waals surface area contributed by atoms with Gasteiger partial charge in [0.25, 0.3) is 0 Å². The number of nitrogens with one attached hydrogen (secondary N) is 3. The zero-order valence-electron chi connectivity index (χ0n) is 19.9. The summed E-state index contributed by atoms with van der Waals surface area (Å²) in [4.78, 5) is 48.9. The molecule has 3 heterocycles. The number of likely N-dealkylation sites (N-methyl/N-ethyl adjacent to an activating group) is 1. The number of thiazole rings is 1. The summed E-state index contributed by atoms with van der Waals surface area (Å²) in [5.41, 5.74) is 2.42. The van der Waals surface area contributed by atoms with E-state index in [9.17, 15) is 14.4 Å². The van der Waals surface area contributed by atoms with E-state index in [4.69, 9.17) is 4.98 Å². The van der Waals surface area contributed by atoms with Crippen molar-refractivity contribution in [2.45, 2.75) is 44.7 Å². The number of carbonyl (C=O) groups excluding carboxylic acids is 3. The van der Waals surface area contributed by atoms with Crippen molar-refractivity contribution in [3.63, 3.8) is 0 Å². The second-order valence-electron chi connectivity index (χ2n) is 8.51. The van der Waals surface area contributed by atoms with E-state index in [1.54, 1.807) is 25.1 Å². The molecule has 0 unspecified atom stereocenters. The van der Waals surface area contributed by atoms with Gasteiger partial charge < -0.3 is 20.9 Å². The number of hydrogen-bond donors (Lipinski definition) is 3. The molecule has 2 aromatic heterocycles. The minimum atomic E-state index is -0.592. The predicted octanol–water partition coefficient (Wildman–Crippen LogP) is 2.59. The summed E-state index contributed by atoms with van der Waals surface area (Å²) >= 11 is 1.38. The molecule has 1 aliphatic heterocycles. The molecule has 1 aliphatic carbocycles. The van der Waals surface area contributed by atoms with Crippen LogP contribution in [0.5, 0.6) is 0 Å². The average Bonchev–Trinajstić information content (AvgIpc) is 3.55. The summed E-state index contributed by atoms with van der Waals surface area (Å²) < 4.78 is 0.